The Kier molecular flexibility index (Phi) is 7.11. The molecule has 0 rings (SSSR count). The number of likely N-dealkylation sites (N-methyl/N-ethyl adjacent to an activating group) is 1. The number of carbonyl (C=O) groups excluding carboxylic acids is 1. The fourth-order valence-electron chi connectivity index (χ4n) is 1.25. The average Bonchev–Trinajstić information content (AvgIpc) is 2.12. The first-order valence-corrected chi connectivity index (χ1v) is 5.18. The molecule has 3 nitrogen and oxygen atoms in total. The van der Waals surface area contributed by atoms with Crippen molar-refractivity contribution in [1.29, 1.82) is 0 Å². The average molecular weight is 198 g/mol. The van der Waals surface area contributed by atoms with Gasteiger partial charge < -0.3 is 9.80 Å². The lowest BCUT2D eigenvalue weighted by molar-refractivity contribution is -0.125. The summed E-state index contributed by atoms with van der Waals surface area (Å²) in [4.78, 5) is 15.5. The largest absolute Gasteiger partial charge is 0.339 e. The van der Waals surface area contributed by atoms with Gasteiger partial charge in [0.1, 0.15) is 0 Å². The molecule has 0 aliphatic carbocycles. The highest BCUT2D eigenvalue weighted by Crippen LogP contribution is 1.95. The number of allylic oxidation sites excluding steroid dienone is 1. The van der Waals surface area contributed by atoms with Gasteiger partial charge in [0.15, 0.2) is 0 Å². The zero-order chi connectivity index (χ0) is 11.0. The Balaban J connectivity index is 3.84. The highest BCUT2D eigenvalue weighted by Gasteiger charge is 2.06. The lowest BCUT2D eigenvalue weighted by Gasteiger charge is -2.20. The van der Waals surface area contributed by atoms with Crippen LogP contribution in [-0.2, 0) is 4.79 Å². The van der Waals surface area contributed by atoms with Crippen LogP contribution in [-0.4, -0.2) is 49.4 Å². The Bertz CT molecular complexity index is 188. The van der Waals surface area contributed by atoms with E-state index in [0.717, 1.165) is 26.1 Å². The topological polar surface area (TPSA) is 23.6 Å². The van der Waals surface area contributed by atoms with Crippen LogP contribution >= 0.6 is 0 Å². The summed E-state index contributed by atoms with van der Waals surface area (Å²) >= 11 is 0. The maximum Gasteiger partial charge on any atom is 0.246 e. The minimum atomic E-state index is 0.119. The van der Waals surface area contributed by atoms with Gasteiger partial charge in [0.25, 0.3) is 0 Å². The summed E-state index contributed by atoms with van der Waals surface area (Å²) < 4.78 is 0. The molecule has 0 aromatic rings. The third-order valence-electron chi connectivity index (χ3n) is 2.04. The molecule has 0 aliphatic rings. The van der Waals surface area contributed by atoms with E-state index >= 15 is 0 Å². The molecular weight excluding hydrogens is 176 g/mol. The summed E-state index contributed by atoms with van der Waals surface area (Å²) in [5.41, 5.74) is 0. The quantitative estimate of drug-likeness (QED) is 0.602. The van der Waals surface area contributed by atoms with E-state index in [-0.39, 0.29) is 5.91 Å². The molecule has 0 bridgehead atoms. The summed E-state index contributed by atoms with van der Waals surface area (Å²) in [7, 11) is 4.09. The molecule has 82 valence electrons. The fourth-order valence-corrected chi connectivity index (χ4v) is 1.25. The number of nitrogens with zero attached hydrogens (tertiary/aromatic N) is 2. The van der Waals surface area contributed by atoms with Crippen LogP contribution in [0.2, 0.25) is 0 Å². The third kappa shape index (κ3) is 5.75. The van der Waals surface area contributed by atoms with Gasteiger partial charge in [0.05, 0.1) is 0 Å². The lowest BCUT2D eigenvalue weighted by Crippen LogP contribution is -2.31. The maximum absolute atomic E-state index is 11.5. The van der Waals surface area contributed by atoms with Crippen molar-refractivity contribution in [3.05, 3.63) is 12.2 Å². The van der Waals surface area contributed by atoms with Gasteiger partial charge in [-0.3, -0.25) is 4.79 Å². The van der Waals surface area contributed by atoms with Crippen molar-refractivity contribution in [1.82, 2.24) is 9.80 Å². The predicted molar refractivity (Wildman–Crippen MR) is 60.2 cm³/mol. The summed E-state index contributed by atoms with van der Waals surface area (Å²) in [6.45, 7) is 6.54. The summed E-state index contributed by atoms with van der Waals surface area (Å²) in [6, 6.07) is 0. The van der Waals surface area contributed by atoms with E-state index in [9.17, 15) is 4.79 Å². The van der Waals surface area contributed by atoms with E-state index < -0.39 is 0 Å². The van der Waals surface area contributed by atoms with Gasteiger partial charge in [-0.1, -0.05) is 6.08 Å². The smallest absolute Gasteiger partial charge is 0.246 e. The van der Waals surface area contributed by atoms with E-state index in [1.165, 1.54) is 0 Å². The first kappa shape index (κ1) is 13.2. The number of amides is 1. The normalized spacial score (nSPS) is 11.2. The van der Waals surface area contributed by atoms with Gasteiger partial charge >= 0.3 is 0 Å². The molecule has 0 N–H and O–H groups in total. The summed E-state index contributed by atoms with van der Waals surface area (Å²) in [5, 5.41) is 0. The van der Waals surface area contributed by atoms with Crippen LogP contribution in [0.1, 0.15) is 20.3 Å². The van der Waals surface area contributed by atoms with Gasteiger partial charge in [0, 0.05) is 13.1 Å². The number of hydrogen-bond acceptors (Lipinski definition) is 2. The van der Waals surface area contributed by atoms with Crippen molar-refractivity contribution in [3.63, 3.8) is 0 Å². The standard InChI is InChI=1S/C11H22N2O/c1-5-8-11(14)13(6-2)10-7-9-12(3)4/h5,8H,6-7,9-10H2,1-4H3/b8-5+. The molecule has 0 atom stereocenters. The molecule has 0 heterocycles. The second kappa shape index (κ2) is 7.56. The first-order chi connectivity index (χ1) is 6.61. The molecule has 3 heteroatoms. The number of hydrogen-bond donors (Lipinski definition) is 0. The van der Waals surface area contributed by atoms with Crippen molar-refractivity contribution in [3.8, 4) is 0 Å². The van der Waals surface area contributed by atoms with E-state index in [0.29, 0.717) is 0 Å². The summed E-state index contributed by atoms with van der Waals surface area (Å²) in [5.74, 6) is 0.119. The van der Waals surface area contributed by atoms with Crippen LogP contribution in [0.4, 0.5) is 0 Å². The number of carbonyl (C=O) groups is 1. The van der Waals surface area contributed by atoms with Crippen molar-refractivity contribution >= 4 is 5.91 Å². The molecule has 0 saturated carbocycles. The molecule has 0 unspecified atom stereocenters. The Morgan fingerprint density at radius 2 is 1.93 bits per heavy atom. The molecule has 0 spiro atoms. The molecule has 0 radical (unpaired) electrons. The monoisotopic (exact) mass is 198 g/mol. The SMILES string of the molecule is C/C=C/C(=O)N(CC)CCCN(C)C. The summed E-state index contributed by atoms with van der Waals surface area (Å²) in [6.07, 6.45) is 4.44. The molecule has 14 heavy (non-hydrogen) atoms. The van der Waals surface area contributed by atoms with Crippen molar-refractivity contribution in [2.75, 3.05) is 33.7 Å². The van der Waals surface area contributed by atoms with Crippen molar-refractivity contribution in [2.24, 2.45) is 0 Å². The zero-order valence-electron chi connectivity index (χ0n) is 9.79. The van der Waals surface area contributed by atoms with E-state index in [1.807, 2.05) is 32.8 Å². The van der Waals surface area contributed by atoms with Crippen LogP contribution in [0.25, 0.3) is 0 Å². The van der Waals surface area contributed by atoms with Crippen LogP contribution in [0.3, 0.4) is 0 Å². The molecular formula is C11H22N2O. The van der Waals surface area contributed by atoms with Gasteiger partial charge in [0.2, 0.25) is 5.91 Å². The van der Waals surface area contributed by atoms with Gasteiger partial charge in [-0.15, -0.1) is 0 Å². The van der Waals surface area contributed by atoms with Crippen molar-refractivity contribution in [2.45, 2.75) is 20.3 Å². The molecule has 0 saturated heterocycles. The van der Waals surface area contributed by atoms with Crippen LogP contribution in [0.15, 0.2) is 12.2 Å². The van der Waals surface area contributed by atoms with Crippen LogP contribution in [0.5, 0.6) is 0 Å². The maximum atomic E-state index is 11.5. The van der Waals surface area contributed by atoms with Gasteiger partial charge in [-0.25, -0.2) is 0 Å². The lowest BCUT2D eigenvalue weighted by atomic mass is 10.3. The molecule has 0 aliphatic heterocycles. The second-order valence-corrected chi connectivity index (χ2v) is 3.57. The van der Waals surface area contributed by atoms with E-state index in [2.05, 4.69) is 4.90 Å². The zero-order valence-corrected chi connectivity index (χ0v) is 9.79. The Morgan fingerprint density at radius 1 is 1.29 bits per heavy atom. The van der Waals surface area contributed by atoms with Crippen LogP contribution < -0.4 is 0 Å². The second-order valence-electron chi connectivity index (χ2n) is 3.57. The first-order valence-electron chi connectivity index (χ1n) is 5.18. The predicted octanol–water partition coefficient (Wildman–Crippen LogP) is 1.36. The highest BCUT2D eigenvalue weighted by molar-refractivity contribution is 5.87. The van der Waals surface area contributed by atoms with Crippen LogP contribution in [0, 0.1) is 0 Å². The third-order valence-corrected chi connectivity index (χ3v) is 2.04. The molecule has 0 fully saturated rings. The van der Waals surface area contributed by atoms with Gasteiger partial charge in [-0.2, -0.15) is 0 Å². The molecule has 0 aromatic heterocycles. The highest BCUT2D eigenvalue weighted by atomic mass is 16.2. The molecule has 1 amide bonds. The minimum Gasteiger partial charge on any atom is -0.339 e. The van der Waals surface area contributed by atoms with Crippen molar-refractivity contribution < 1.29 is 4.79 Å². The Labute approximate surface area is 87.4 Å². The Hall–Kier alpha value is -0.830. The fraction of sp³-hybridized carbons (Fsp3) is 0.727. The molecule has 0 aromatic carbocycles. The number of rotatable bonds is 6. The van der Waals surface area contributed by atoms with E-state index in [4.69, 9.17) is 0 Å². The van der Waals surface area contributed by atoms with E-state index in [1.54, 1.807) is 12.2 Å². The minimum absolute atomic E-state index is 0.119. The van der Waals surface area contributed by atoms with Gasteiger partial charge in [-0.05, 0) is 47.0 Å². The Morgan fingerprint density at radius 3 is 2.36 bits per heavy atom.